The van der Waals surface area contributed by atoms with Gasteiger partial charge in [-0.2, -0.15) is 0 Å². The van der Waals surface area contributed by atoms with Gasteiger partial charge in [-0.25, -0.2) is 0 Å². The predicted octanol–water partition coefficient (Wildman–Crippen LogP) is 20.5. The van der Waals surface area contributed by atoms with Gasteiger partial charge in [0.05, 0.1) is 25.4 Å². The molecule has 0 aromatic carbocycles. The van der Waals surface area contributed by atoms with E-state index in [0.717, 1.165) is 57.8 Å². The molecule has 0 bridgehead atoms. The minimum absolute atomic E-state index is 0.00550. The molecule has 0 saturated heterocycles. The molecule has 0 aromatic rings. The molecule has 2 atom stereocenters. The molecule has 0 saturated carbocycles. The van der Waals surface area contributed by atoms with Crippen LogP contribution in [0.4, 0.5) is 0 Å². The number of allylic oxidation sites excluding steroid dienone is 7. The Morgan fingerprint density at radius 3 is 1.08 bits per heavy atom. The van der Waals surface area contributed by atoms with Crippen LogP contribution in [-0.2, 0) is 14.3 Å². The molecule has 0 aliphatic carbocycles. The second kappa shape index (κ2) is 62.4. The quantitative estimate of drug-likeness (QED) is 0.0320. The van der Waals surface area contributed by atoms with Crippen molar-refractivity contribution in [2.75, 3.05) is 13.2 Å². The lowest BCUT2D eigenvalue weighted by Gasteiger charge is -2.20. The topological polar surface area (TPSA) is 95.9 Å². The summed E-state index contributed by atoms with van der Waals surface area (Å²) in [6.45, 7) is 4.88. The number of carbonyl (C=O) groups is 2. The van der Waals surface area contributed by atoms with Crippen LogP contribution >= 0.6 is 0 Å². The molecule has 6 heteroatoms. The summed E-state index contributed by atoms with van der Waals surface area (Å²) in [6.07, 6.45) is 80.1. The summed E-state index contributed by atoms with van der Waals surface area (Å²) in [4.78, 5) is 24.6. The number of unbranched alkanes of at least 4 members (excludes halogenated alkanes) is 43. The van der Waals surface area contributed by atoms with Crippen LogP contribution < -0.4 is 5.32 Å². The summed E-state index contributed by atoms with van der Waals surface area (Å²) >= 11 is 0. The molecule has 428 valence electrons. The molecule has 0 aliphatic heterocycles. The molecular weight excluding hydrogens is 899 g/mol. The Labute approximate surface area is 455 Å². The zero-order valence-electron chi connectivity index (χ0n) is 48.9. The van der Waals surface area contributed by atoms with Crippen molar-refractivity contribution in [2.24, 2.45) is 0 Å². The monoisotopic (exact) mass is 1020 g/mol. The van der Waals surface area contributed by atoms with E-state index in [1.807, 2.05) is 6.08 Å². The summed E-state index contributed by atoms with van der Waals surface area (Å²) in [5, 5.41) is 23.1. The number of aliphatic hydroxyl groups is 2. The van der Waals surface area contributed by atoms with Crippen LogP contribution in [-0.4, -0.2) is 47.4 Å². The van der Waals surface area contributed by atoms with Crippen molar-refractivity contribution in [3.05, 3.63) is 48.6 Å². The van der Waals surface area contributed by atoms with Gasteiger partial charge in [0, 0.05) is 12.8 Å². The summed E-state index contributed by atoms with van der Waals surface area (Å²) in [6, 6.07) is -0.634. The normalized spacial score (nSPS) is 12.9. The third-order valence-corrected chi connectivity index (χ3v) is 14.8. The lowest BCUT2D eigenvalue weighted by Crippen LogP contribution is -2.45. The predicted molar refractivity (Wildman–Crippen MR) is 319 cm³/mol. The molecule has 1 amide bonds. The lowest BCUT2D eigenvalue weighted by molar-refractivity contribution is -0.143. The minimum Gasteiger partial charge on any atom is -0.466 e. The maximum atomic E-state index is 12.5. The van der Waals surface area contributed by atoms with Gasteiger partial charge in [-0.15, -0.1) is 0 Å². The third kappa shape index (κ3) is 58.9. The van der Waals surface area contributed by atoms with Crippen molar-refractivity contribution in [2.45, 2.75) is 353 Å². The van der Waals surface area contributed by atoms with E-state index >= 15 is 0 Å². The zero-order chi connectivity index (χ0) is 52.9. The highest BCUT2D eigenvalue weighted by Gasteiger charge is 2.18. The van der Waals surface area contributed by atoms with E-state index in [1.165, 1.54) is 257 Å². The second-order valence-corrected chi connectivity index (χ2v) is 22.1. The van der Waals surface area contributed by atoms with Crippen molar-refractivity contribution in [1.29, 1.82) is 0 Å². The van der Waals surface area contributed by atoms with E-state index in [0.29, 0.717) is 19.4 Å². The fourth-order valence-corrected chi connectivity index (χ4v) is 9.84. The summed E-state index contributed by atoms with van der Waals surface area (Å²) in [5.41, 5.74) is 0. The molecule has 0 spiro atoms. The van der Waals surface area contributed by atoms with E-state index in [2.05, 4.69) is 55.6 Å². The Balaban J connectivity index is 3.43. The van der Waals surface area contributed by atoms with E-state index in [9.17, 15) is 19.8 Å². The Morgan fingerprint density at radius 1 is 0.384 bits per heavy atom. The number of carbonyl (C=O) groups excluding carboxylic acids is 2. The average Bonchev–Trinajstić information content (AvgIpc) is 3.39. The van der Waals surface area contributed by atoms with Crippen LogP contribution in [0.2, 0.25) is 0 Å². The Bertz CT molecular complexity index is 1230. The third-order valence-electron chi connectivity index (χ3n) is 14.8. The minimum atomic E-state index is -0.849. The van der Waals surface area contributed by atoms with Gasteiger partial charge < -0.3 is 20.3 Å². The highest BCUT2D eigenvalue weighted by Crippen LogP contribution is 2.17. The molecular formula is C67H125NO5. The van der Waals surface area contributed by atoms with Gasteiger partial charge in [0.1, 0.15) is 0 Å². The molecule has 0 radical (unpaired) electrons. The zero-order valence-corrected chi connectivity index (χ0v) is 48.9. The number of rotatable bonds is 60. The standard InChI is InChI=1S/C67H125NO5/c1-3-5-7-9-11-13-15-17-19-20-25-29-33-37-41-45-49-53-57-61-67(72)73-62-58-54-50-46-42-38-34-30-27-24-22-21-23-26-28-32-36-40-44-48-52-56-60-66(71)68-64(63-69)65(70)59-55-51-47-43-39-35-31-18-16-14-12-10-8-6-4-2/h11,13,17,19,23,26,55,59,64-65,69-70H,3-10,12,14-16,18,20-22,24-25,27-54,56-58,60-63H2,1-2H3,(H,68,71)/b13-11-,19-17-,26-23-,59-55+. The first kappa shape index (κ1) is 70.8. The van der Waals surface area contributed by atoms with Gasteiger partial charge in [-0.05, 0) is 89.9 Å². The molecule has 3 N–H and O–H groups in total. The highest BCUT2D eigenvalue weighted by atomic mass is 16.5. The molecule has 0 fully saturated rings. The second-order valence-electron chi connectivity index (χ2n) is 22.1. The number of aliphatic hydroxyl groups excluding tert-OH is 2. The first-order valence-corrected chi connectivity index (χ1v) is 32.4. The number of nitrogens with one attached hydrogen (secondary N) is 1. The fraction of sp³-hybridized carbons (Fsp3) is 0.851. The molecule has 0 heterocycles. The SMILES string of the molecule is CCCCC/C=C\C/C=C\CCCCCCCCCCCC(=O)OCCCCCCCCCCCCC/C=C\CCCCCCCCCC(=O)NC(CO)C(O)/C=C/CCCCCCCCCCCCCCC. The first-order valence-electron chi connectivity index (χ1n) is 32.4. The molecule has 0 aliphatic rings. The number of amides is 1. The van der Waals surface area contributed by atoms with Crippen molar-refractivity contribution in [3.63, 3.8) is 0 Å². The summed E-state index contributed by atoms with van der Waals surface area (Å²) in [5.74, 6) is -0.0687. The van der Waals surface area contributed by atoms with Crippen molar-refractivity contribution in [3.8, 4) is 0 Å². The van der Waals surface area contributed by atoms with Crippen molar-refractivity contribution in [1.82, 2.24) is 5.32 Å². The molecule has 73 heavy (non-hydrogen) atoms. The van der Waals surface area contributed by atoms with Gasteiger partial charge >= 0.3 is 5.97 Å². The van der Waals surface area contributed by atoms with E-state index in [-0.39, 0.29) is 18.5 Å². The summed E-state index contributed by atoms with van der Waals surface area (Å²) < 4.78 is 5.50. The van der Waals surface area contributed by atoms with Crippen LogP contribution in [0.3, 0.4) is 0 Å². The Morgan fingerprint density at radius 2 is 0.685 bits per heavy atom. The van der Waals surface area contributed by atoms with Gasteiger partial charge in [-0.1, -0.05) is 287 Å². The molecule has 2 unspecified atom stereocenters. The van der Waals surface area contributed by atoms with Crippen LogP contribution in [0.15, 0.2) is 48.6 Å². The lowest BCUT2D eigenvalue weighted by atomic mass is 10.0. The van der Waals surface area contributed by atoms with E-state index < -0.39 is 12.1 Å². The number of hydrogen-bond donors (Lipinski definition) is 3. The van der Waals surface area contributed by atoms with E-state index in [1.54, 1.807) is 6.08 Å². The fourth-order valence-electron chi connectivity index (χ4n) is 9.84. The molecule has 0 rings (SSSR count). The number of ether oxygens (including phenoxy) is 1. The van der Waals surface area contributed by atoms with Crippen LogP contribution in [0.5, 0.6) is 0 Å². The largest absolute Gasteiger partial charge is 0.466 e. The van der Waals surface area contributed by atoms with Gasteiger partial charge in [0.25, 0.3) is 0 Å². The number of hydrogen-bond acceptors (Lipinski definition) is 5. The highest BCUT2D eigenvalue weighted by molar-refractivity contribution is 5.76. The Hall–Kier alpha value is -2.18. The van der Waals surface area contributed by atoms with Crippen LogP contribution in [0, 0.1) is 0 Å². The van der Waals surface area contributed by atoms with Crippen molar-refractivity contribution < 1.29 is 24.5 Å². The maximum Gasteiger partial charge on any atom is 0.305 e. The van der Waals surface area contributed by atoms with Crippen LogP contribution in [0.1, 0.15) is 341 Å². The smallest absolute Gasteiger partial charge is 0.305 e. The molecule has 0 aromatic heterocycles. The average molecular weight is 1020 g/mol. The first-order chi connectivity index (χ1) is 36.0. The van der Waals surface area contributed by atoms with Gasteiger partial charge in [0.15, 0.2) is 0 Å². The van der Waals surface area contributed by atoms with Gasteiger partial charge in [0.2, 0.25) is 5.91 Å². The van der Waals surface area contributed by atoms with Crippen molar-refractivity contribution >= 4 is 11.9 Å². The van der Waals surface area contributed by atoms with E-state index in [4.69, 9.17) is 4.74 Å². The maximum absolute atomic E-state index is 12.5. The van der Waals surface area contributed by atoms with Gasteiger partial charge in [-0.3, -0.25) is 9.59 Å². The number of esters is 1. The summed E-state index contributed by atoms with van der Waals surface area (Å²) in [7, 11) is 0. The molecule has 6 nitrogen and oxygen atoms in total. The Kier molecular flexibility index (Phi) is 60.5. The van der Waals surface area contributed by atoms with Crippen LogP contribution in [0.25, 0.3) is 0 Å².